The molecule has 2 N–H and O–H groups in total. The Morgan fingerprint density at radius 3 is 1.97 bits per heavy atom. The predicted molar refractivity (Wildman–Crippen MR) is 130 cm³/mol. The number of carbonyl (C=O) groups is 3. The van der Waals surface area contributed by atoms with E-state index in [2.05, 4.69) is 10.6 Å². The van der Waals surface area contributed by atoms with Gasteiger partial charge in [-0.2, -0.15) is 0 Å². The molecule has 0 heterocycles. The molecule has 0 aromatic heterocycles. The molecule has 6 heteroatoms. The first kappa shape index (κ1) is 23.7. The number of aryl methyl sites for hydroxylation is 3. The number of anilines is 1. The highest BCUT2D eigenvalue weighted by atomic mass is 16.2. The minimum absolute atomic E-state index is 0.143. The molecule has 0 fully saturated rings. The Morgan fingerprint density at radius 2 is 1.39 bits per heavy atom. The summed E-state index contributed by atoms with van der Waals surface area (Å²) in [5.41, 5.74) is 4.90. The molecule has 3 aromatic rings. The standard InChI is InChI=1S/C27H29N3O3/c1-18-15-19(2)24(20(3)16-18)28-23(31)17-30(4)27(33)25(21-11-7-5-8-12-21)29-26(32)22-13-9-6-10-14-22/h5-16,25H,17H2,1-4H3,(H,28,31)(H,29,32). The fourth-order valence-electron chi connectivity index (χ4n) is 3.81. The number of benzene rings is 3. The van der Waals surface area contributed by atoms with Gasteiger partial charge in [-0.3, -0.25) is 14.4 Å². The van der Waals surface area contributed by atoms with Crippen LogP contribution in [0.2, 0.25) is 0 Å². The maximum absolute atomic E-state index is 13.3. The topological polar surface area (TPSA) is 78.5 Å². The number of likely N-dealkylation sites (N-methyl/N-ethyl adjacent to an activating group) is 1. The molecule has 0 aliphatic heterocycles. The van der Waals surface area contributed by atoms with Gasteiger partial charge in [0.1, 0.15) is 6.04 Å². The Balaban J connectivity index is 1.75. The van der Waals surface area contributed by atoms with Crippen molar-refractivity contribution in [2.24, 2.45) is 0 Å². The number of carbonyl (C=O) groups excluding carboxylic acids is 3. The number of nitrogens with zero attached hydrogens (tertiary/aromatic N) is 1. The molecule has 3 aromatic carbocycles. The molecule has 33 heavy (non-hydrogen) atoms. The van der Waals surface area contributed by atoms with Crippen LogP contribution in [0, 0.1) is 20.8 Å². The van der Waals surface area contributed by atoms with Gasteiger partial charge in [-0.05, 0) is 49.6 Å². The summed E-state index contributed by atoms with van der Waals surface area (Å²) in [6.07, 6.45) is 0. The van der Waals surface area contributed by atoms with Crippen molar-refractivity contribution in [2.45, 2.75) is 26.8 Å². The van der Waals surface area contributed by atoms with Gasteiger partial charge < -0.3 is 15.5 Å². The minimum Gasteiger partial charge on any atom is -0.336 e. The van der Waals surface area contributed by atoms with E-state index in [4.69, 9.17) is 0 Å². The van der Waals surface area contributed by atoms with E-state index in [0.717, 1.165) is 22.4 Å². The molecule has 0 saturated carbocycles. The molecule has 3 rings (SSSR count). The number of rotatable bonds is 7. The average molecular weight is 444 g/mol. The zero-order valence-corrected chi connectivity index (χ0v) is 19.4. The van der Waals surface area contributed by atoms with Crippen molar-refractivity contribution in [3.8, 4) is 0 Å². The third kappa shape index (κ3) is 6.07. The molecule has 0 bridgehead atoms. The Bertz CT molecular complexity index is 1120. The molecule has 0 radical (unpaired) electrons. The van der Waals surface area contributed by atoms with Crippen molar-refractivity contribution < 1.29 is 14.4 Å². The van der Waals surface area contributed by atoms with Gasteiger partial charge in [0.25, 0.3) is 5.91 Å². The zero-order valence-electron chi connectivity index (χ0n) is 19.4. The van der Waals surface area contributed by atoms with E-state index in [0.29, 0.717) is 11.1 Å². The SMILES string of the molecule is Cc1cc(C)c(NC(=O)CN(C)C(=O)C(NC(=O)c2ccccc2)c2ccccc2)c(C)c1. The lowest BCUT2D eigenvalue weighted by atomic mass is 10.0. The lowest BCUT2D eigenvalue weighted by molar-refractivity contribution is -0.135. The van der Waals surface area contributed by atoms with Gasteiger partial charge in [0.2, 0.25) is 11.8 Å². The first-order chi connectivity index (χ1) is 15.8. The second-order valence-corrected chi connectivity index (χ2v) is 8.20. The Hall–Kier alpha value is -3.93. The zero-order chi connectivity index (χ0) is 24.0. The number of hydrogen-bond donors (Lipinski definition) is 2. The second kappa shape index (κ2) is 10.6. The average Bonchev–Trinajstić information content (AvgIpc) is 2.80. The maximum atomic E-state index is 13.3. The van der Waals surface area contributed by atoms with Crippen LogP contribution in [0.5, 0.6) is 0 Å². The first-order valence-electron chi connectivity index (χ1n) is 10.8. The van der Waals surface area contributed by atoms with Crippen molar-refractivity contribution in [1.29, 1.82) is 0 Å². The van der Waals surface area contributed by atoms with Crippen LogP contribution in [0.15, 0.2) is 72.8 Å². The molecule has 0 spiro atoms. The summed E-state index contributed by atoms with van der Waals surface area (Å²) in [5.74, 6) is -1.04. The van der Waals surface area contributed by atoms with Gasteiger partial charge in [-0.15, -0.1) is 0 Å². The van der Waals surface area contributed by atoms with Crippen LogP contribution < -0.4 is 10.6 Å². The van der Waals surface area contributed by atoms with E-state index in [1.54, 1.807) is 55.6 Å². The summed E-state index contributed by atoms with van der Waals surface area (Å²) in [6, 6.07) is 20.8. The molecule has 170 valence electrons. The maximum Gasteiger partial charge on any atom is 0.252 e. The fourth-order valence-corrected chi connectivity index (χ4v) is 3.81. The third-order valence-corrected chi connectivity index (χ3v) is 5.39. The molecule has 0 aliphatic rings. The number of hydrogen-bond acceptors (Lipinski definition) is 3. The number of nitrogens with one attached hydrogen (secondary N) is 2. The van der Waals surface area contributed by atoms with Gasteiger partial charge in [-0.25, -0.2) is 0 Å². The highest BCUT2D eigenvalue weighted by Crippen LogP contribution is 2.22. The lowest BCUT2D eigenvalue weighted by Crippen LogP contribution is -2.44. The smallest absolute Gasteiger partial charge is 0.252 e. The monoisotopic (exact) mass is 443 g/mol. The highest BCUT2D eigenvalue weighted by molar-refractivity contribution is 5.99. The van der Waals surface area contributed by atoms with Crippen LogP contribution in [0.4, 0.5) is 5.69 Å². The van der Waals surface area contributed by atoms with Crippen LogP contribution >= 0.6 is 0 Å². The Morgan fingerprint density at radius 1 is 0.848 bits per heavy atom. The highest BCUT2D eigenvalue weighted by Gasteiger charge is 2.27. The number of amides is 3. The normalized spacial score (nSPS) is 11.4. The van der Waals surface area contributed by atoms with E-state index < -0.39 is 6.04 Å². The van der Waals surface area contributed by atoms with E-state index in [1.165, 1.54) is 4.90 Å². The molecule has 6 nitrogen and oxygen atoms in total. The van der Waals surface area contributed by atoms with Crippen molar-refractivity contribution >= 4 is 23.4 Å². The van der Waals surface area contributed by atoms with Gasteiger partial charge >= 0.3 is 0 Å². The molecular weight excluding hydrogens is 414 g/mol. The summed E-state index contributed by atoms with van der Waals surface area (Å²) in [7, 11) is 1.56. The third-order valence-electron chi connectivity index (χ3n) is 5.39. The minimum atomic E-state index is -0.917. The van der Waals surface area contributed by atoms with Gasteiger partial charge in [0, 0.05) is 18.3 Å². The van der Waals surface area contributed by atoms with Crippen LogP contribution in [0.1, 0.15) is 38.7 Å². The summed E-state index contributed by atoms with van der Waals surface area (Å²) in [5, 5.41) is 5.73. The van der Waals surface area contributed by atoms with Crippen LogP contribution in [-0.2, 0) is 9.59 Å². The van der Waals surface area contributed by atoms with E-state index in [9.17, 15) is 14.4 Å². The second-order valence-electron chi connectivity index (χ2n) is 8.20. The van der Waals surface area contributed by atoms with Gasteiger partial charge in [0.15, 0.2) is 0 Å². The summed E-state index contributed by atoms with van der Waals surface area (Å²) in [6.45, 7) is 5.74. The molecule has 1 unspecified atom stereocenters. The van der Waals surface area contributed by atoms with Crippen LogP contribution in [0.25, 0.3) is 0 Å². The Kier molecular flexibility index (Phi) is 7.61. The molecule has 0 saturated heterocycles. The van der Waals surface area contributed by atoms with Crippen molar-refractivity contribution in [1.82, 2.24) is 10.2 Å². The quantitative estimate of drug-likeness (QED) is 0.575. The van der Waals surface area contributed by atoms with Crippen LogP contribution in [0.3, 0.4) is 0 Å². The first-order valence-corrected chi connectivity index (χ1v) is 10.8. The van der Waals surface area contributed by atoms with E-state index in [1.807, 2.05) is 45.0 Å². The summed E-state index contributed by atoms with van der Waals surface area (Å²) < 4.78 is 0. The molecular formula is C27H29N3O3. The molecule has 0 aliphatic carbocycles. The van der Waals surface area contributed by atoms with Crippen LogP contribution in [-0.4, -0.2) is 36.2 Å². The van der Waals surface area contributed by atoms with Crippen molar-refractivity contribution in [3.63, 3.8) is 0 Å². The van der Waals surface area contributed by atoms with Gasteiger partial charge in [-0.1, -0.05) is 66.2 Å². The fraction of sp³-hybridized carbons (Fsp3) is 0.222. The molecule has 1 atom stereocenters. The van der Waals surface area contributed by atoms with E-state index >= 15 is 0 Å². The van der Waals surface area contributed by atoms with Crippen molar-refractivity contribution in [2.75, 3.05) is 18.9 Å². The summed E-state index contributed by atoms with van der Waals surface area (Å²) >= 11 is 0. The predicted octanol–water partition coefficient (Wildman–Crippen LogP) is 4.18. The van der Waals surface area contributed by atoms with Gasteiger partial charge in [0.05, 0.1) is 6.54 Å². The van der Waals surface area contributed by atoms with Crippen molar-refractivity contribution in [3.05, 3.63) is 101 Å². The Labute approximate surface area is 194 Å². The largest absolute Gasteiger partial charge is 0.336 e. The van der Waals surface area contributed by atoms with E-state index in [-0.39, 0.29) is 24.3 Å². The summed E-state index contributed by atoms with van der Waals surface area (Å²) in [4.78, 5) is 40.1. The lowest BCUT2D eigenvalue weighted by Gasteiger charge is -2.25. The molecule has 3 amide bonds.